The SMILES string of the molecule is C=CC(=O)Oc1c2ccccc2c(OCCc2ccccc2)c2ccccc12. The molecule has 0 fully saturated rings. The zero-order valence-electron chi connectivity index (χ0n) is 15.4. The van der Waals surface area contributed by atoms with Gasteiger partial charge in [-0.1, -0.05) is 85.4 Å². The Bertz CT molecular complexity index is 1090. The molecule has 0 N–H and O–H groups in total. The van der Waals surface area contributed by atoms with Crippen LogP contribution in [0.25, 0.3) is 21.5 Å². The first-order valence-electron chi connectivity index (χ1n) is 9.22. The van der Waals surface area contributed by atoms with Crippen LogP contribution in [0.2, 0.25) is 0 Å². The molecule has 0 aliphatic heterocycles. The maximum Gasteiger partial charge on any atom is 0.335 e. The number of carbonyl (C=O) groups is 1. The van der Waals surface area contributed by atoms with E-state index in [1.807, 2.05) is 66.7 Å². The molecule has 0 amide bonds. The number of hydrogen-bond donors (Lipinski definition) is 0. The molecule has 0 radical (unpaired) electrons. The molecule has 0 unspecified atom stereocenters. The average molecular weight is 368 g/mol. The fourth-order valence-electron chi connectivity index (χ4n) is 3.37. The summed E-state index contributed by atoms with van der Waals surface area (Å²) >= 11 is 0. The van der Waals surface area contributed by atoms with Crippen molar-refractivity contribution >= 4 is 27.5 Å². The zero-order valence-corrected chi connectivity index (χ0v) is 15.4. The highest BCUT2D eigenvalue weighted by Gasteiger charge is 2.17. The van der Waals surface area contributed by atoms with E-state index in [1.165, 1.54) is 11.6 Å². The summed E-state index contributed by atoms with van der Waals surface area (Å²) in [4.78, 5) is 11.9. The van der Waals surface area contributed by atoms with Gasteiger partial charge in [-0.15, -0.1) is 0 Å². The summed E-state index contributed by atoms with van der Waals surface area (Å²) in [6.07, 6.45) is 1.99. The largest absolute Gasteiger partial charge is 0.492 e. The van der Waals surface area contributed by atoms with Crippen LogP contribution >= 0.6 is 0 Å². The number of esters is 1. The van der Waals surface area contributed by atoms with Crippen molar-refractivity contribution in [2.24, 2.45) is 0 Å². The van der Waals surface area contributed by atoms with Gasteiger partial charge in [0, 0.05) is 34.0 Å². The Morgan fingerprint density at radius 3 is 1.79 bits per heavy atom. The van der Waals surface area contributed by atoms with E-state index in [2.05, 4.69) is 18.7 Å². The van der Waals surface area contributed by atoms with Gasteiger partial charge in [0.05, 0.1) is 6.61 Å². The van der Waals surface area contributed by atoms with Gasteiger partial charge in [0.15, 0.2) is 0 Å². The molecule has 0 heterocycles. The molecule has 0 aromatic heterocycles. The Kier molecular flexibility index (Phi) is 5.07. The van der Waals surface area contributed by atoms with E-state index in [4.69, 9.17) is 9.47 Å². The van der Waals surface area contributed by atoms with Crippen molar-refractivity contribution in [3.8, 4) is 11.5 Å². The molecule has 4 aromatic rings. The van der Waals surface area contributed by atoms with Crippen molar-refractivity contribution in [2.75, 3.05) is 6.61 Å². The van der Waals surface area contributed by atoms with Crippen LogP contribution in [-0.4, -0.2) is 12.6 Å². The smallest absolute Gasteiger partial charge is 0.335 e. The maximum absolute atomic E-state index is 11.9. The van der Waals surface area contributed by atoms with Gasteiger partial charge in [-0.3, -0.25) is 0 Å². The lowest BCUT2D eigenvalue weighted by Crippen LogP contribution is -2.06. The Balaban J connectivity index is 1.80. The molecule has 0 atom stereocenters. The molecule has 0 spiro atoms. The minimum absolute atomic E-state index is 0.479. The van der Waals surface area contributed by atoms with Crippen LogP contribution in [0.3, 0.4) is 0 Å². The molecule has 0 bridgehead atoms. The van der Waals surface area contributed by atoms with Crippen LogP contribution in [0.1, 0.15) is 5.56 Å². The first kappa shape index (κ1) is 17.8. The van der Waals surface area contributed by atoms with Gasteiger partial charge in [0.2, 0.25) is 0 Å². The molecule has 0 saturated carbocycles. The minimum atomic E-state index is -0.479. The number of fused-ring (bicyclic) bond motifs is 2. The van der Waals surface area contributed by atoms with Crippen LogP contribution in [0, 0.1) is 0 Å². The van der Waals surface area contributed by atoms with Gasteiger partial charge in [-0.25, -0.2) is 4.79 Å². The summed E-state index contributed by atoms with van der Waals surface area (Å²) < 4.78 is 11.9. The summed E-state index contributed by atoms with van der Waals surface area (Å²) in [5, 5.41) is 3.51. The van der Waals surface area contributed by atoms with Crippen LogP contribution in [0.4, 0.5) is 0 Å². The second-order valence-electron chi connectivity index (χ2n) is 6.46. The molecule has 3 nitrogen and oxygen atoms in total. The molecular weight excluding hydrogens is 348 g/mol. The highest BCUT2D eigenvalue weighted by Crippen LogP contribution is 2.42. The third kappa shape index (κ3) is 3.47. The predicted octanol–water partition coefficient (Wildman–Crippen LogP) is 5.71. The molecule has 0 saturated heterocycles. The summed E-state index contributed by atoms with van der Waals surface area (Å²) in [5.41, 5.74) is 1.23. The van der Waals surface area contributed by atoms with Crippen molar-refractivity contribution < 1.29 is 14.3 Å². The van der Waals surface area contributed by atoms with Crippen LogP contribution in [-0.2, 0) is 11.2 Å². The molecule has 0 aliphatic rings. The highest BCUT2D eigenvalue weighted by atomic mass is 16.5. The van der Waals surface area contributed by atoms with E-state index >= 15 is 0 Å². The Hall–Kier alpha value is -3.59. The first-order valence-corrected chi connectivity index (χ1v) is 9.22. The second kappa shape index (κ2) is 7.97. The van der Waals surface area contributed by atoms with Gasteiger partial charge >= 0.3 is 5.97 Å². The Morgan fingerprint density at radius 1 is 0.750 bits per heavy atom. The molecule has 3 heteroatoms. The lowest BCUT2D eigenvalue weighted by Gasteiger charge is -2.16. The van der Waals surface area contributed by atoms with E-state index in [0.29, 0.717) is 12.4 Å². The second-order valence-corrected chi connectivity index (χ2v) is 6.46. The highest BCUT2D eigenvalue weighted by molar-refractivity contribution is 6.12. The van der Waals surface area contributed by atoms with Crippen LogP contribution < -0.4 is 9.47 Å². The third-order valence-electron chi connectivity index (χ3n) is 4.68. The van der Waals surface area contributed by atoms with E-state index in [-0.39, 0.29) is 0 Å². The molecular formula is C25H20O3. The standard InChI is InChI=1S/C25H20O3/c1-2-23(26)28-25-21-14-8-6-12-19(21)24(20-13-7-9-15-22(20)25)27-17-16-18-10-4-3-5-11-18/h2-15H,1,16-17H2. The number of rotatable bonds is 6. The quantitative estimate of drug-likeness (QED) is 0.189. The number of ether oxygens (including phenoxy) is 2. The average Bonchev–Trinajstić information content (AvgIpc) is 2.76. The fraction of sp³-hybridized carbons (Fsp3) is 0.0800. The predicted molar refractivity (Wildman–Crippen MR) is 113 cm³/mol. The normalized spacial score (nSPS) is 10.7. The lowest BCUT2D eigenvalue weighted by molar-refractivity contribution is -0.128. The van der Waals surface area contributed by atoms with Crippen molar-refractivity contribution in [3.05, 3.63) is 97.1 Å². The van der Waals surface area contributed by atoms with E-state index in [9.17, 15) is 4.79 Å². The monoisotopic (exact) mass is 368 g/mol. The molecule has 138 valence electrons. The zero-order chi connectivity index (χ0) is 19.3. The van der Waals surface area contributed by atoms with Crippen molar-refractivity contribution in [1.82, 2.24) is 0 Å². The van der Waals surface area contributed by atoms with Gasteiger partial charge in [-0.05, 0) is 5.56 Å². The van der Waals surface area contributed by atoms with Crippen molar-refractivity contribution in [3.63, 3.8) is 0 Å². The topological polar surface area (TPSA) is 35.5 Å². The van der Waals surface area contributed by atoms with Crippen LogP contribution in [0.15, 0.2) is 91.5 Å². The third-order valence-corrected chi connectivity index (χ3v) is 4.68. The number of carbonyl (C=O) groups excluding carboxylic acids is 1. The van der Waals surface area contributed by atoms with Crippen LogP contribution in [0.5, 0.6) is 11.5 Å². The van der Waals surface area contributed by atoms with Gasteiger partial charge < -0.3 is 9.47 Å². The van der Waals surface area contributed by atoms with E-state index in [1.54, 1.807) is 0 Å². The molecule has 28 heavy (non-hydrogen) atoms. The number of benzene rings is 4. The first-order chi connectivity index (χ1) is 13.8. The van der Waals surface area contributed by atoms with E-state index in [0.717, 1.165) is 33.7 Å². The lowest BCUT2D eigenvalue weighted by atomic mass is 10.0. The summed E-state index contributed by atoms with van der Waals surface area (Å²) in [5.74, 6) is 0.861. The van der Waals surface area contributed by atoms with E-state index < -0.39 is 5.97 Å². The summed E-state index contributed by atoms with van der Waals surface area (Å²) in [7, 11) is 0. The molecule has 4 aromatic carbocycles. The fourth-order valence-corrected chi connectivity index (χ4v) is 3.37. The summed E-state index contributed by atoms with van der Waals surface area (Å²) in [6.45, 7) is 4.06. The molecule has 4 rings (SSSR count). The number of hydrogen-bond acceptors (Lipinski definition) is 3. The molecule has 0 aliphatic carbocycles. The Labute approximate surface area is 163 Å². The van der Waals surface area contributed by atoms with Gasteiger partial charge in [-0.2, -0.15) is 0 Å². The van der Waals surface area contributed by atoms with Crippen molar-refractivity contribution in [1.29, 1.82) is 0 Å². The maximum atomic E-state index is 11.9. The Morgan fingerprint density at radius 2 is 1.25 bits per heavy atom. The van der Waals surface area contributed by atoms with Crippen molar-refractivity contribution in [2.45, 2.75) is 6.42 Å². The van der Waals surface area contributed by atoms with Gasteiger partial charge in [0.1, 0.15) is 11.5 Å². The van der Waals surface area contributed by atoms with Gasteiger partial charge in [0.25, 0.3) is 0 Å². The summed E-state index contributed by atoms with van der Waals surface area (Å²) in [6, 6.07) is 25.9. The minimum Gasteiger partial charge on any atom is -0.492 e.